The van der Waals surface area contributed by atoms with Crippen molar-refractivity contribution in [2.24, 2.45) is 0 Å². The van der Waals surface area contributed by atoms with Crippen LogP contribution in [-0.4, -0.2) is 66.5 Å². The van der Waals surface area contributed by atoms with Gasteiger partial charge in [0.25, 0.3) is 0 Å². The van der Waals surface area contributed by atoms with Gasteiger partial charge in [0.15, 0.2) is 6.10 Å². The molecule has 0 radical (unpaired) electrons. The zero-order valence-corrected chi connectivity index (χ0v) is 45.4. The number of aliphatic hydroxyl groups is 1. The van der Waals surface area contributed by atoms with Crippen LogP contribution in [0.5, 0.6) is 0 Å². The van der Waals surface area contributed by atoms with Crippen molar-refractivity contribution in [3.05, 3.63) is 72.9 Å². The van der Waals surface area contributed by atoms with Crippen LogP contribution >= 0.6 is 7.82 Å². The highest BCUT2D eigenvalue weighted by atomic mass is 31.2. The number of phosphoric ester groups is 1. The van der Waals surface area contributed by atoms with Gasteiger partial charge in [-0.25, -0.2) is 4.57 Å². The van der Waals surface area contributed by atoms with E-state index in [0.29, 0.717) is 19.3 Å². The molecule has 3 atom stereocenters. The summed E-state index contributed by atoms with van der Waals surface area (Å²) in [5.74, 6) is -1.50. The lowest BCUT2D eigenvalue weighted by molar-refractivity contribution is -0.161. The molecule has 0 bridgehead atoms. The molecule has 0 spiro atoms. The van der Waals surface area contributed by atoms with E-state index in [2.05, 4.69) is 93.7 Å². The summed E-state index contributed by atoms with van der Waals surface area (Å²) < 4.78 is 39.4. The Balaban J connectivity index is 4.78. The fraction of sp³-hybridized carbons (Fsp3) is 0.741. The first-order valence-electron chi connectivity index (χ1n) is 27.8. The molecule has 11 nitrogen and oxygen atoms in total. The Bertz CT molecular complexity index is 1450. The van der Waals surface area contributed by atoms with Crippen LogP contribution in [0.1, 0.15) is 239 Å². The lowest BCUT2D eigenvalue weighted by Gasteiger charge is -2.21. The Kier molecular flexibility index (Phi) is 50.0. The number of ether oxygens (including phenoxy) is 3. The van der Waals surface area contributed by atoms with Crippen molar-refractivity contribution < 1.29 is 52.2 Å². The van der Waals surface area contributed by atoms with Crippen molar-refractivity contribution in [2.45, 2.75) is 251 Å². The zero-order chi connectivity index (χ0) is 51.3. The van der Waals surface area contributed by atoms with Crippen LogP contribution in [0.3, 0.4) is 0 Å². The van der Waals surface area contributed by atoms with Gasteiger partial charge in [-0.15, -0.1) is 0 Å². The highest BCUT2D eigenvalue weighted by molar-refractivity contribution is 7.47. The Morgan fingerprint density at radius 2 is 0.757 bits per heavy atom. The topological polar surface area (TPSA) is 155 Å². The molecule has 0 aliphatic heterocycles. The Hall–Kier alpha value is -3.08. The molecule has 0 aromatic rings. The van der Waals surface area contributed by atoms with E-state index in [1.165, 1.54) is 51.4 Å². The molecule has 0 amide bonds. The summed E-state index contributed by atoms with van der Waals surface area (Å²) in [6.07, 6.45) is 57.2. The highest BCUT2D eigenvalue weighted by Crippen LogP contribution is 2.43. The van der Waals surface area contributed by atoms with Gasteiger partial charge in [0.2, 0.25) is 0 Å². The fourth-order valence-electron chi connectivity index (χ4n) is 7.32. The molecule has 3 unspecified atom stereocenters. The summed E-state index contributed by atoms with van der Waals surface area (Å²) in [5.41, 5.74) is 0. The number of rotatable bonds is 51. The predicted molar refractivity (Wildman–Crippen MR) is 288 cm³/mol. The second kappa shape index (κ2) is 52.2. The molecule has 404 valence electrons. The molecule has 0 rings (SSSR count). The van der Waals surface area contributed by atoms with Crippen molar-refractivity contribution >= 4 is 25.7 Å². The number of phosphoric acid groups is 1. The van der Waals surface area contributed by atoms with Crippen LogP contribution in [0.15, 0.2) is 72.9 Å². The molecule has 0 saturated carbocycles. The van der Waals surface area contributed by atoms with Crippen LogP contribution in [0.2, 0.25) is 0 Å². The Morgan fingerprint density at radius 1 is 0.414 bits per heavy atom. The minimum absolute atomic E-state index is 0.152. The van der Waals surface area contributed by atoms with Gasteiger partial charge in [0, 0.05) is 19.3 Å². The minimum atomic E-state index is -4.75. The van der Waals surface area contributed by atoms with E-state index >= 15 is 0 Å². The number of unbranched alkanes of at least 4 members (excludes halogenated alkanes) is 22. The van der Waals surface area contributed by atoms with E-state index in [0.717, 1.165) is 128 Å². The summed E-state index contributed by atoms with van der Waals surface area (Å²) in [6.45, 7) is 4.43. The molecule has 70 heavy (non-hydrogen) atoms. The van der Waals surface area contributed by atoms with Gasteiger partial charge < -0.3 is 24.2 Å². The maximum Gasteiger partial charge on any atom is 0.472 e. The second-order valence-corrected chi connectivity index (χ2v) is 19.8. The minimum Gasteiger partial charge on any atom is -0.462 e. The van der Waals surface area contributed by atoms with Crippen molar-refractivity contribution in [1.29, 1.82) is 0 Å². The summed E-state index contributed by atoms with van der Waals surface area (Å²) in [5, 5.41) is 9.78. The average Bonchev–Trinajstić information content (AvgIpc) is 3.35. The third kappa shape index (κ3) is 49.9. The summed E-state index contributed by atoms with van der Waals surface area (Å²) in [7, 11) is -4.75. The van der Waals surface area contributed by atoms with Gasteiger partial charge in [0.05, 0.1) is 19.8 Å². The van der Waals surface area contributed by atoms with Gasteiger partial charge in [-0.3, -0.25) is 23.4 Å². The SMILES string of the molecule is CC/C=C\C/C=C\C/C=C\CCCCCCCC(=O)OCC(COP(=O)(O)OCC(CO)OC(=O)CCCCCCC/C=C\CCCC)OC(=O)CCCCCCCCC/C=C\C/C=C\CCCCC. The average molecular weight is 1010 g/mol. The molecule has 0 fully saturated rings. The van der Waals surface area contributed by atoms with E-state index < -0.39 is 57.8 Å². The molecule has 0 aromatic heterocycles. The van der Waals surface area contributed by atoms with Crippen LogP contribution in [-0.2, 0) is 42.2 Å². The van der Waals surface area contributed by atoms with Crippen LogP contribution in [0.25, 0.3) is 0 Å². The summed E-state index contributed by atoms with van der Waals surface area (Å²) >= 11 is 0. The van der Waals surface area contributed by atoms with Gasteiger partial charge >= 0.3 is 25.7 Å². The molecular formula is C58H101O11P. The van der Waals surface area contributed by atoms with Gasteiger partial charge in [-0.2, -0.15) is 0 Å². The molecule has 0 saturated heterocycles. The number of aliphatic hydroxyl groups excluding tert-OH is 1. The molecule has 2 N–H and O–H groups in total. The Morgan fingerprint density at radius 3 is 1.20 bits per heavy atom. The summed E-state index contributed by atoms with van der Waals surface area (Å²) in [6, 6.07) is 0. The zero-order valence-electron chi connectivity index (χ0n) is 44.5. The third-order valence-electron chi connectivity index (χ3n) is 11.6. The molecule has 12 heteroatoms. The first-order valence-corrected chi connectivity index (χ1v) is 29.3. The number of carbonyl (C=O) groups excluding carboxylic acids is 3. The van der Waals surface area contributed by atoms with E-state index in [1.807, 2.05) is 0 Å². The molecule has 0 aliphatic rings. The van der Waals surface area contributed by atoms with Crippen LogP contribution in [0, 0.1) is 0 Å². The quantitative estimate of drug-likeness (QED) is 0.0197. The summed E-state index contributed by atoms with van der Waals surface area (Å²) in [4.78, 5) is 48.4. The van der Waals surface area contributed by atoms with E-state index in [4.69, 9.17) is 23.3 Å². The van der Waals surface area contributed by atoms with Crippen LogP contribution in [0.4, 0.5) is 0 Å². The maximum absolute atomic E-state index is 12.9. The molecule has 0 heterocycles. The van der Waals surface area contributed by atoms with Gasteiger partial charge in [0.1, 0.15) is 12.7 Å². The number of esters is 3. The van der Waals surface area contributed by atoms with Crippen molar-refractivity contribution in [3.8, 4) is 0 Å². The fourth-order valence-corrected chi connectivity index (χ4v) is 8.11. The van der Waals surface area contributed by atoms with Crippen molar-refractivity contribution in [3.63, 3.8) is 0 Å². The number of allylic oxidation sites excluding steroid dienone is 12. The van der Waals surface area contributed by atoms with Crippen molar-refractivity contribution in [2.75, 3.05) is 26.4 Å². The first-order chi connectivity index (χ1) is 34.2. The van der Waals surface area contributed by atoms with E-state index in [1.54, 1.807) is 0 Å². The van der Waals surface area contributed by atoms with Crippen molar-refractivity contribution in [1.82, 2.24) is 0 Å². The number of hydrogen-bond acceptors (Lipinski definition) is 10. The molecule has 0 aliphatic carbocycles. The largest absolute Gasteiger partial charge is 0.472 e. The monoisotopic (exact) mass is 1000 g/mol. The smallest absolute Gasteiger partial charge is 0.462 e. The lowest BCUT2D eigenvalue weighted by atomic mass is 10.1. The first kappa shape index (κ1) is 66.9. The normalized spacial score (nSPS) is 14.0. The second-order valence-electron chi connectivity index (χ2n) is 18.4. The Labute approximate surface area is 427 Å². The van der Waals surface area contributed by atoms with Gasteiger partial charge in [-0.05, 0) is 103 Å². The van der Waals surface area contributed by atoms with E-state index in [-0.39, 0.29) is 25.9 Å². The lowest BCUT2D eigenvalue weighted by Crippen LogP contribution is -2.30. The standard InChI is InChI=1S/C58H101O11P/c1-4-7-10-13-16-19-22-24-26-27-29-31-34-37-40-43-46-49-58(62)69-55(51-65-56(60)47-44-41-38-35-33-30-28-25-23-20-17-14-11-8-5-2)53-67-70(63,64)66-52-54(50-59)68-57(61)48-45-42-39-36-32-21-18-15-12-9-6-3/h8,11,15-20,24-26,28,54-55,59H,4-7,9-10,12-14,21-23,27,29-53H2,1-3H3,(H,63,64)/b11-8-,18-15-,19-16-,20-17-,26-24-,28-25-. The van der Waals surface area contributed by atoms with Crippen LogP contribution < -0.4 is 0 Å². The predicted octanol–water partition coefficient (Wildman–Crippen LogP) is 16.1. The number of carbonyl (C=O) groups is 3. The van der Waals surface area contributed by atoms with Gasteiger partial charge in [-0.1, -0.05) is 190 Å². The van der Waals surface area contributed by atoms with E-state index in [9.17, 15) is 28.9 Å². The third-order valence-corrected chi connectivity index (χ3v) is 12.5. The highest BCUT2D eigenvalue weighted by Gasteiger charge is 2.28. The number of hydrogen-bond donors (Lipinski definition) is 2. The molecular weight excluding hydrogens is 904 g/mol. The maximum atomic E-state index is 12.9. The molecule has 0 aromatic carbocycles.